The van der Waals surface area contributed by atoms with E-state index in [4.69, 9.17) is 10.2 Å². The topological polar surface area (TPSA) is 60.8 Å². The second-order valence-corrected chi connectivity index (χ2v) is 5.73. The van der Waals surface area contributed by atoms with Gasteiger partial charge in [-0.2, -0.15) is 13.2 Å². The number of hydrogen-bond acceptors (Lipinski definition) is 2. The molecule has 0 aliphatic carbocycles. The Morgan fingerprint density at radius 2 is 1.67 bits per heavy atom. The van der Waals surface area contributed by atoms with Crippen LogP contribution in [-0.2, 0) is 6.54 Å². The number of rotatable bonds is 3. The summed E-state index contributed by atoms with van der Waals surface area (Å²) in [6, 6.07) is 5.06. The third-order valence-corrected chi connectivity index (χ3v) is 2.99. The number of alkyl halides is 3. The molecule has 0 spiro atoms. The Balaban J connectivity index is 2.91. The van der Waals surface area contributed by atoms with Crippen molar-refractivity contribution in [1.29, 1.82) is 0 Å². The summed E-state index contributed by atoms with van der Waals surface area (Å²) < 4.78 is 37.1. The van der Waals surface area contributed by atoms with Crippen molar-refractivity contribution < 1.29 is 28.2 Å². The molecule has 1 aromatic carbocycles. The first-order chi connectivity index (χ1) is 9.43. The molecule has 21 heavy (non-hydrogen) atoms. The number of aliphatic hydroxyl groups is 1. The Labute approximate surface area is 120 Å². The standard InChI is InChI=1S/C14H18F3NO3/c1-13(2,3)18(12(20)21)8-9-4-6-10(7-5-9)11(19)14(15,16)17/h4-7,11,19H,8H2,1-3H3,(H,20,21)/t11-/m0/s1. The average Bonchev–Trinajstić information content (AvgIpc) is 2.33. The number of carboxylic acid groups (broad SMARTS) is 1. The van der Waals surface area contributed by atoms with E-state index in [0.717, 1.165) is 12.1 Å². The lowest BCUT2D eigenvalue weighted by Gasteiger charge is -2.33. The number of nitrogens with zero attached hydrogens (tertiary/aromatic N) is 1. The lowest BCUT2D eigenvalue weighted by atomic mass is 10.0. The molecule has 1 atom stereocenters. The number of benzene rings is 1. The summed E-state index contributed by atoms with van der Waals surface area (Å²) in [6.45, 7) is 5.23. The number of amides is 1. The second kappa shape index (κ2) is 5.93. The van der Waals surface area contributed by atoms with Gasteiger partial charge in [-0.05, 0) is 31.9 Å². The molecule has 0 aromatic heterocycles. The van der Waals surface area contributed by atoms with Crippen LogP contribution in [0.3, 0.4) is 0 Å². The zero-order valence-corrected chi connectivity index (χ0v) is 12.0. The molecule has 0 aliphatic heterocycles. The number of hydrogen-bond donors (Lipinski definition) is 2. The molecule has 1 aromatic rings. The molecule has 7 heteroatoms. The van der Waals surface area contributed by atoms with E-state index in [9.17, 15) is 18.0 Å². The lowest BCUT2D eigenvalue weighted by Crippen LogP contribution is -2.44. The summed E-state index contributed by atoms with van der Waals surface area (Å²) in [5, 5.41) is 18.3. The largest absolute Gasteiger partial charge is 0.465 e. The second-order valence-electron chi connectivity index (χ2n) is 5.73. The van der Waals surface area contributed by atoms with E-state index in [2.05, 4.69) is 0 Å². The molecule has 0 heterocycles. The maximum absolute atomic E-state index is 12.4. The van der Waals surface area contributed by atoms with Crippen LogP contribution in [0, 0.1) is 0 Å². The van der Waals surface area contributed by atoms with Crippen LogP contribution in [-0.4, -0.2) is 32.9 Å². The first kappa shape index (κ1) is 17.3. The fourth-order valence-corrected chi connectivity index (χ4v) is 1.77. The zero-order chi connectivity index (χ0) is 16.4. The molecule has 0 unspecified atom stereocenters. The van der Waals surface area contributed by atoms with Crippen molar-refractivity contribution in [3.63, 3.8) is 0 Å². The Morgan fingerprint density at radius 3 is 2.00 bits per heavy atom. The van der Waals surface area contributed by atoms with Crippen molar-refractivity contribution in [3.8, 4) is 0 Å². The van der Waals surface area contributed by atoms with Gasteiger partial charge in [-0.1, -0.05) is 24.3 Å². The third-order valence-electron chi connectivity index (χ3n) is 2.99. The normalized spacial score (nSPS) is 13.9. The minimum Gasteiger partial charge on any atom is -0.465 e. The highest BCUT2D eigenvalue weighted by Gasteiger charge is 2.39. The highest BCUT2D eigenvalue weighted by atomic mass is 19.4. The van der Waals surface area contributed by atoms with Crippen LogP contribution in [0.25, 0.3) is 0 Å². The summed E-state index contributed by atoms with van der Waals surface area (Å²) in [5.41, 5.74) is -0.356. The molecule has 1 amide bonds. The van der Waals surface area contributed by atoms with Crippen LogP contribution in [0.5, 0.6) is 0 Å². The van der Waals surface area contributed by atoms with Gasteiger partial charge >= 0.3 is 12.3 Å². The minimum atomic E-state index is -4.72. The van der Waals surface area contributed by atoms with Crippen LogP contribution in [0.4, 0.5) is 18.0 Å². The molecule has 1 rings (SSSR count). The lowest BCUT2D eigenvalue weighted by molar-refractivity contribution is -0.206. The van der Waals surface area contributed by atoms with Gasteiger partial charge in [0.1, 0.15) is 0 Å². The Bertz CT molecular complexity index is 492. The van der Waals surface area contributed by atoms with E-state index >= 15 is 0 Å². The van der Waals surface area contributed by atoms with Crippen molar-refractivity contribution >= 4 is 6.09 Å². The van der Waals surface area contributed by atoms with Gasteiger partial charge in [0.05, 0.1) is 0 Å². The summed E-state index contributed by atoms with van der Waals surface area (Å²) in [4.78, 5) is 12.4. The van der Waals surface area contributed by atoms with E-state index in [1.165, 1.54) is 17.0 Å². The fourth-order valence-electron chi connectivity index (χ4n) is 1.77. The predicted octanol–water partition coefficient (Wildman–Crippen LogP) is 3.56. The van der Waals surface area contributed by atoms with Gasteiger partial charge in [0.2, 0.25) is 0 Å². The van der Waals surface area contributed by atoms with Gasteiger partial charge in [-0.25, -0.2) is 4.79 Å². The average molecular weight is 305 g/mol. The first-order valence-corrected chi connectivity index (χ1v) is 6.27. The summed E-state index contributed by atoms with van der Waals surface area (Å²) in [5.74, 6) is 0. The Kier molecular flexibility index (Phi) is 4.88. The minimum absolute atomic E-state index is 0.0568. The Morgan fingerprint density at radius 1 is 1.19 bits per heavy atom. The van der Waals surface area contributed by atoms with E-state index in [0.29, 0.717) is 5.56 Å². The maximum atomic E-state index is 12.4. The fraction of sp³-hybridized carbons (Fsp3) is 0.500. The van der Waals surface area contributed by atoms with E-state index in [1.807, 2.05) is 0 Å². The van der Waals surface area contributed by atoms with Gasteiger partial charge < -0.3 is 10.2 Å². The molecule has 0 radical (unpaired) electrons. The van der Waals surface area contributed by atoms with Crippen molar-refractivity contribution in [3.05, 3.63) is 35.4 Å². The van der Waals surface area contributed by atoms with Crippen LogP contribution in [0.1, 0.15) is 38.0 Å². The molecule has 2 N–H and O–H groups in total. The van der Waals surface area contributed by atoms with Gasteiger partial charge in [0.25, 0.3) is 0 Å². The maximum Gasteiger partial charge on any atom is 0.418 e. The van der Waals surface area contributed by atoms with Gasteiger partial charge in [-0.3, -0.25) is 4.90 Å². The molecular formula is C14H18F3NO3. The van der Waals surface area contributed by atoms with Gasteiger partial charge in [-0.15, -0.1) is 0 Å². The number of halogens is 3. The quantitative estimate of drug-likeness (QED) is 0.897. The van der Waals surface area contributed by atoms with Gasteiger partial charge in [0, 0.05) is 12.1 Å². The summed E-state index contributed by atoms with van der Waals surface area (Å²) >= 11 is 0. The van der Waals surface area contributed by atoms with Crippen LogP contribution < -0.4 is 0 Å². The van der Waals surface area contributed by atoms with E-state index in [1.54, 1.807) is 20.8 Å². The molecule has 0 saturated carbocycles. The van der Waals surface area contributed by atoms with E-state index in [-0.39, 0.29) is 12.1 Å². The molecule has 0 aliphatic rings. The van der Waals surface area contributed by atoms with Crippen LogP contribution in [0.15, 0.2) is 24.3 Å². The molecule has 0 bridgehead atoms. The molecule has 0 saturated heterocycles. The zero-order valence-electron chi connectivity index (χ0n) is 12.0. The molecule has 118 valence electrons. The van der Waals surface area contributed by atoms with Crippen LogP contribution in [0.2, 0.25) is 0 Å². The predicted molar refractivity (Wildman–Crippen MR) is 70.8 cm³/mol. The highest BCUT2D eigenvalue weighted by molar-refractivity contribution is 5.66. The molecular weight excluding hydrogens is 287 g/mol. The number of carbonyl (C=O) groups is 1. The smallest absolute Gasteiger partial charge is 0.418 e. The SMILES string of the molecule is CC(C)(C)N(Cc1ccc([C@H](O)C(F)(F)F)cc1)C(=O)O. The van der Waals surface area contributed by atoms with Gasteiger partial charge in [0.15, 0.2) is 6.10 Å². The van der Waals surface area contributed by atoms with Crippen molar-refractivity contribution in [2.24, 2.45) is 0 Å². The van der Waals surface area contributed by atoms with Crippen LogP contribution >= 0.6 is 0 Å². The third kappa shape index (κ3) is 4.63. The van der Waals surface area contributed by atoms with E-state index < -0.39 is 23.9 Å². The molecule has 4 nitrogen and oxygen atoms in total. The number of aliphatic hydroxyl groups excluding tert-OH is 1. The van der Waals surface area contributed by atoms with Crippen molar-refractivity contribution in [2.75, 3.05) is 0 Å². The summed E-state index contributed by atoms with van der Waals surface area (Å²) in [7, 11) is 0. The first-order valence-electron chi connectivity index (χ1n) is 6.27. The molecule has 0 fully saturated rings. The highest BCUT2D eigenvalue weighted by Crippen LogP contribution is 2.32. The Hall–Kier alpha value is -1.76. The van der Waals surface area contributed by atoms with Crippen molar-refractivity contribution in [1.82, 2.24) is 4.90 Å². The van der Waals surface area contributed by atoms with Crippen molar-refractivity contribution in [2.45, 2.75) is 45.1 Å². The summed E-state index contributed by atoms with van der Waals surface area (Å²) in [6.07, 6.45) is -8.37. The monoisotopic (exact) mass is 305 g/mol.